The molecule has 0 aromatic carbocycles. The maximum Gasteiger partial charge on any atom is 0.238 e. The number of rotatable bonds is 8. The molecule has 1 unspecified atom stereocenters. The van der Waals surface area contributed by atoms with Crippen molar-refractivity contribution in [3.8, 4) is 0 Å². The molecule has 3 N–H and O–H groups in total. The van der Waals surface area contributed by atoms with Crippen molar-refractivity contribution >= 4 is 27.7 Å². The fourth-order valence-corrected chi connectivity index (χ4v) is 3.60. The Bertz CT molecular complexity index is 420. The van der Waals surface area contributed by atoms with Crippen LogP contribution in [0.3, 0.4) is 0 Å². The topological polar surface area (TPSA) is 95.5 Å². The molecule has 0 aromatic heterocycles. The number of hydrogen-bond acceptors (Lipinski definition) is 5. The fraction of sp³-hybridized carbons (Fsp3) is 0.923. The summed E-state index contributed by atoms with van der Waals surface area (Å²) in [5, 5.41) is 12.4. The third-order valence-electron chi connectivity index (χ3n) is 3.67. The zero-order valence-electron chi connectivity index (χ0n) is 12.7. The summed E-state index contributed by atoms with van der Waals surface area (Å²) in [6, 6.07) is -0.682. The quantitative estimate of drug-likeness (QED) is 0.598. The molecule has 1 rings (SSSR count). The largest absolute Gasteiger partial charge is 0.393 e. The molecule has 0 aromatic rings. The standard InChI is InChI=1S/C13H26N2O4S2/c1-3-21(18,19)15-12(8-9-20-2)13(17)14-10-4-6-11(16)7-5-10/h10-12,15-16H,3-9H2,1-2H3,(H,14,17). The lowest BCUT2D eigenvalue weighted by molar-refractivity contribution is -0.123. The number of aliphatic hydroxyl groups excluding tert-OH is 1. The summed E-state index contributed by atoms with van der Waals surface area (Å²) in [6.07, 6.45) is 4.96. The first-order chi connectivity index (χ1) is 9.88. The van der Waals surface area contributed by atoms with E-state index in [1.54, 1.807) is 18.7 Å². The van der Waals surface area contributed by atoms with Crippen molar-refractivity contribution in [1.29, 1.82) is 0 Å². The minimum atomic E-state index is -3.40. The molecular weight excluding hydrogens is 312 g/mol. The molecule has 1 aliphatic rings. The lowest BCUT2D eigenvalue weighted by Crippen LogP contribution is -2.50. The maximum absolute atomic E-state index is 12.3. The third-order valence-corrected chi connectivity index (χ3v) is 5.72. The molecule has 0 aliphatic heterocycles. The summed E-state index contributed by atoms with van der Waals surface area (Å²) < 4.78 is 25.8. The number of nitrogens with one attached hydrogen (secondary N) is 2. The van der Waals surface area contributed by atoms with E-state index in [1.165, 1.54) is 0 Å². The van der Waals surface area contributed by atoms with E-state index in [4.69, 9.17) is 0 Å². The molecule has 8 heteroatoms. The van der Waals surface area contributed by atoms with Gasteiger partial charge in [-0.2, -0.15) is 11.8 Å². The smallest absolute Gasteiger partial charge is 0.238 e. The highest BCUT2D eigenvalue weighted by Crippen LogP contribution is 2.18. The lowest BCUT2D eigenvalue weighted by atomic mass is 9.93. The van der Waals surface area contributed by atoms with Gasteiger partial charge >= 0.3 is 0 Å². The summed E-state index contributed by atoms with van der Waals surface area (Å²) in [5.74, 6) is 0.418. The zero-order chi connectivity index (χ0) is 15.9. The lowest BCUT2D eigenvalue weighted by Gasteiger charge is -2.28. The van der Waals surface area contributed by atoms with Crippen LogP contribution < -0.4 is 10.0 Å². The molecular formula is C13H26N2O4S2. The van der Waals surface area contributed by atoms with Gasteiger partial charge in [-0.05, 0) is 51.0 Å². The van der Waals surface area contributed by atoms with E-state index in [1.807, 2.05) is 6.26 Å². The predicted octanol–water partition coefficient (Wildman–Crippen LogP) is 0.467. The second-order valence-corrected chi connectivity index (χ2v) is 8.40. The summed E-state index contributed by atoms with van der Waals surface area (Å²) >= 11 is 1.58. The molecule has 0 spiro atoms. The Labute approximate surface area is 131 Å². The van der Waals surface area contributed by atoms with Crippen LogP contribution in [0, 0.1) is 0 Å². The average Bonchev–Trinajstić information content (AvgIpc) is 2.45. The Morgan fingerprint density at radius 2 is 1.95 bits per heavy atom. The van der Waals surface area contributed by atoms with Gasteiger partial charge in [0.05, 0.1) is 11.9 Å². The monoisotopic (exact) mass is 338 g/mol. The summed E-state index contributed by atoms with van der Waals surface area (Å²) in [6.45, 7) is 1.55. The van der Waals surface area contributed by atoms with Gasteiger partial charge in [0.25, 0.3) is 0 Å². The van der Waals surface area contributed by atoms with E-state index in [0.717, 1.165) is 12.8 Å². The van der Waals surface area contributed by atoms with Gasteiger partial charge in [-0.1, -0.05) is 0 Å². The van der Waals surface area contributed by atoms with Gasteiger partial charge < -0.3 is 10.4 Å². The van der Waals surface area contributed by atoms with Crippen molar-refractivity contribution in [2.24, 2.45) is 0 Å². The first kappa shape index (κ1) is 18.7. The van der Waals surface area contributed by atoms with Crippen LogP contribution in [-0.2, 0) is 14.8 Å². The Morgan fingerprint density at radius 1 is 1.33 bits per heavy atom. The van der Waals surface area contributed by atoms with Crippen molar-refractivity contribution in [3.05, 3.63) is 0 Å². The minimum Gasteiger partial charge on any atom is -0.393 e. The highest BCUT2D eigenvalue weighted by Gasteiger charge is 2.27. The summed E-state index contributed by atoms with van der Waals surface area (Å²) in [5.41, 5.74) is 0. The second kappa shape index (κ2) is 8.97. The number of amides is 1. The van der Waals surface area contributed by atoms with Crippen molar-refractivity contribution in [2.75, 3.05) is 17.8 Å². The van der Waals surface area contributed by atoms with E-state index in [-0.39, 0.29) is 23.8 Å². The second-order valence-electron chi connectivity index (χ2n) is 5.37. The first-order valence-corrected chi connectivity index (χ1v) is 10.4. The van der Waals surface area contributed by atoms with Crippen LogP contribution >= 0.6 is 11.8 Å². The number of carbonyl (C=O) groups is 1. The number of hydrogen-bond donors (Lipinski definition) is 3. The van der Waals surface area contributed by atoms with E-state index >= 15 is 0 Å². The number of carbonyl (C=O) groups excluding carboxylic acids is 1. The van der Waals surface area contributed by atoms with Crippen LogP contribution in [-0.4, -0.2) is 55.4 Å². The Hall–Kier alpha value is -0.310. The average molecular weight is 338 g/mol. The van der Waals surface area contributed by atoms with Gasteiger partial charge in [0.15, 0.2) is 0 Å². The molecule has 0 radical (unpaired) electrons. The molecule has 6 nitrogen and oxygen atoms in total. The van der Waals surface area contributed by atoms with Crippen molar-refractivity contribution in [1.82, 2.24) is 10.0 Å². The van der Waals surface area contributed by atoms with Crippen molar-refractivity contribution in [2.45, 2.75) is 57.2 Å². The zero-order valence-corrected chi connectivity index (χ0v) is 14.3. The molecule has 0 bridgehead atoms. The highest BCUT2D eigenvalue weighted by atomic mass is 32.2. The van der Waals surface area contributed by atoms with Gasteiger partial charge in [-0.25, -0.2) is 13.1 Å². The van der Waals surface area contributed by atoms with Crippen LogP contribution in [0.15, 0.2) is 0 Å². The summed E-state index contributed by atoms with van der Waals surface area (Å²) in [4.78, 5) is 12.3. The Kier molecular flexibility index (Phi) is 8.00. The van der Waals surface area contributed by atoms with Crippen LogP contribution in [0.2, 0.25) is 0 Å². The van der Waals surface area contributed by atoms with Crippen LogP contribution in [0.1, 0.15) is 39.0 Å². The Balaban J connectivity index is 2.58. The van der Waals surface area contributed by atoms with Crippen molar-refractivity contribution < 1.29 is 18.3 Å². The normalized spacial score (nSPS) is 24.5. The number of aliphatic hydroxyl groups is 1. The molecule has 21 heavy (non-hydrogen) atoms. The molecule has 1 amide bonds. The molecule has 124 valence electrons. The van der Waals surface area contributed by atoms with E-state index in [9.17, 15) is 18.3 Å². The van der Waals surface area contributed by atoms with Gasteiger partial charge in [-0.15, -0.1) is 0 Å². The van der Waals surface area contributed by atoms with Crippen LogP contribution in [0.4, 0.5) is 0 Å². The fourth-order valence-electron chi connectivity index (χ4n) is 2.30. The van der Waals surface area contributed by atoms with Gasteiger partial charge in [0.1, 0.15) is 6.04 Å². The molecule has 1 aliphatic carbocycles. The van der Waals surface area contributed by atoms with E-state index in [2.05, 4.69) is 10.0 Å². The maximum atomic E-state index is 12.3. The SMILES string of the molecule is CCS(=O)(=O)NC(CCSC)C(=O)NC1CCC(O)CC1. The van der Waals surface area contributed by atoms with Gasteiger partial charge in [-0.3, -0.25) is 4.79 Å². The van der Waals surface area contributed by atoms with Crippen LogP contribution in [0.25, 0.3) is 0 Å². The molecule has 1 saturated carbocycles. The highest BCUT2D eigenvalue weighted by molar-refractivity contribution is 7.98. The Morgan fingerprint density at radius 3 is 2.48 bits per heavy atom. The van der Waals surface area contributed by atoms with Gasteiger partial charge in [0.2, 0.25) is 15.9 Å². The number of thioether (sulfide) groups is 1. The minimum absolute atomic E-state index is 0.0313. The summed E-state index contributed by atoms with van der Waals surface area (Å²) in [7, 11) is -3.40. The number of sulfonamides is 1. The molecule has 1 atom stereocenters. The van der Waals surface area contributed by atoms with Crippen LogP contribution in [0.5, 0.6) is 0 Å². The predicted molar refractivity (Wildman–Crippen MR) is 85.8 cm³/mol. The van der Waals surface area contributed by atoms with E-state index < -0.39 is 16.1 Å². The van der Waals surface area contributed by atoms with Crippen molar-refractivity contribution in [3.63, 3.8) is 0 Å². The first-order valence-electron chi connectivity index (χ1n) is 7.35. The molecule has 1 fully saturated rings. The van der Waals surface area contributed by atoms with E-state index in [0.29, 0.717) is 25.0 Å². The molecule has 0 heterocycles. The third kappa shape index (κ3) is 6.99. The molecule has 0 saturated heterocycles. The van der Waals surface area contributed by atoms with Gasteiger partial charge in [0, 0.05) is 6.04 Å².